The van der Waals surface area contributed by atoms with Crippen LogP contribution in [0.1, 0.15) is 31.2 Å². The van der Waals surface area contributed by atoms with Crippen molar-refractivity contribution < 1.29 is 9.90 Å². The van der Waals surface area contributed by atoms with Gasteiger partial charge in [-0.25, -0.2) is 0 Å². The second kappa shape index (κ2) is 5.77. The smallest absolute Gasteiger partial charge is 0.306 e. The topological polar surface area (TPSA) is 62.2 Å². The van der Waals surface area contributed by atoms with Gasteiger partial charge in [0, 0.05) is 25.0 Å². The van der Waals surface area contributed by atoms with E-state index < -0.39 is 5.97 Å². The largest absolute Gasteiger partial charge is 0.481 e. The number of rotatable bonds is 4. The third kappa shape index (κ3) is 3.53. The maximum Gasteiger partial charge on any atom is 0.306 e. The predicted molar refractivity (Wildman–Crippen MR) is 64.5 cm³/mol. The number of hydrogen-bond donors (Lipinski definition) is 2. The molecule has 1 fully saturated rings. The Morgan fingerprint density at radius 3 is 2.76 bits per heavy atom. The van der Waals surface area contributed by atoms with E-state index in [1.165, 1.54) is 5.56 Å². The summed E-state index contributed by atoms with van der Waals surface area (Å²) in [4.78, 5) is 14.9. The quantitative estimate of drug-likeness (QED) is 0.834. The summed E-state index contributed by atoms with van der Waals surface area (Å²) in [7, 11) is 0. The molecular weight excluding hydrogens is 216 g/mol. The average Bonchev–Trinajstić information content (AvgIpc) is 2.38. The van der Waals surface area contributed by atoms with Gasteiger partial charge in [-0.15, -0.1) is 0 Å². The van der Waals surface area contributed by atoms with Crippen molar-refractivity contribution in [2.75, 3.05) is 0 Å². The first-order valence-corrected chi connectivity index (χ1v) is 6.11. The molecule has 0 amide bonds. The molecule has 1 heterocycles. The van der Waals surface area contributed by atoms with Gasteiger partial charge < -0.3 is 10.4 Å². The minimum absolute atomic E-state index is 0.133. The zero-order chi connectivity index (χ0) is 12.1. The molecule has 2 N–H and O–H groups in total. The third-order valence-electron chi connectivity index (χ3n) is 3.39. The van der Waals surface area contributed by atoms with E-state index in [0.29, 0.717) is 6.04 Å². The molecule has 1 aliphatic carbocycles. The number of hydrogen-bond acceptors (Lipinski definition) is 3. The highest BCUT2D eigenvalue weighted by Crippen LogP contribution is 2.24. The van der Waals surface area contributed by atoms with Crippen molar-refractivity contribution in [3.05, 3.63) is 30.1 Å². The van der Waals surface area contributed by atoms with Gasteiger partial charge in [0.1, 0.15) is 0 Å². The van der Waals surface area contributed by atoms with E-state index in [0.717, 1.165) is 32.2 Å². The molecule has 0 aromatic carbocycles. The fourth-order valence-electron chi connectivity index (χ4n) is 2.31. The number of aromatic nitrogens is 1. The monoisotopic (exact) mass is 234 g/mol. The summed E-state index contributed by atoms with van der Waals surface area (Å²) >= 11 is 0. The molecule has 1 saturated carbocycles. The van der Waals surface area contributed by atoms with E-state index >= 15 is 0 Å². The Morgan fingerprint density at radius 2 is 2.18 bits per heavy atom. The summed E-state index contributed by atoms with van der Waals surface area (Å²) < 4.78 is 0. The van der Waals surface area contributed by atoms with Crippen molar-refractivity contribution in [1.29, 1.82) is 0 Å². The number of carboxylic acids is 1. The molecule has 92 valence electrons. The van der Waals surface area contributed by atoms with Gasteiger partial charge in [-0.05, 0) is 37.3 Å². The van der Waals surface area contributed by atoms with Crippen LogP contribution in [0.3, 0.4) is 0 Å². The second-order valence-electron chi connectivity index (χ2n) is 4.63. The van der Waals surface area contributed by atoms with Crippen LogP contribution < -0.4 is 5.32 Å². The summed E-state index contributed by atoms with van der Waals surface area (Å²) in [5.74, 6) is -0.776. The number of nitrogens with one attached hydrogen (secondary N) is 1. The summed E-state index contributed by atoms with van der Waals surface area (Å²) in [5.41, 5.74) is 1.17. The Balaban J connectivity index is 1.74. The number of nitrogens with zero attached hydrogens (tertiary/aromatic N) is 1. The predicted octanol–water partition coefficient (Wildman–Crippen LogP) is 1.81. The number of carbonyl (C=O) groups is 1. The van der Waals surface area contributed by atoms with Gasteiger partial charge >= 0.3 is 5.97 Å². The molecule has 0 radical (unpaired) electrons. The zero-order valence-electron chi connectivity index (χ0n) is 9.80. The van der Waals surface area contributed by atoms with Crippen molar-refractivity contribution in [3.8, 4) is 0 Å². The molecule has 0 saturated heterocycles. The first-order chi connectivity index (χ1) is 8.25. The molecule has 0 bridgehead atoms. The molecule has 17 heavy (non-hydrogen) atoms. The maximum atomic E-state index is 10.8. The van der Waals surface area contributed by atoms with Gasteiger partial charge in [-0.3, -0.25) is 9.78 Å². The van der Waals surface area contributed by atoms with E-state index in [2.05, 4.69) is 10.3 Å². The Bertz CT molecular complexity index is 359. The Morgan fingerprint density at radius 1 is 1.41 bits per heavy atom. The van der Waals surface area contributed by atoms with E-state index in [9.17, 15) is 4.79 Å². The van der Waals surface area contributed by atoms with Gasteiger partial charge in [-0.1, -0.05) is 6.07 Å². The number of aliphatic carboxylic acids is 1. The first-order valence-electron chi connectivity index (χ1n) is 6.11. The van der Waals surface area contributed by atoms with E-state index in [1.54, 1.807) is 6.20 Å². The van der Waals surface area contributed by atoms with Crippen LogP contribution in [0, 0.1) is 5.92 Å². The van der Waals surface area contributed by atoms with Crippen LogP contribution in [0.2, 0.25) is 0 Å². The Hall–Kier alpha value is -1.42. The van der Waals surface area contributed by atoms with Crippen LogP contribution in [-0.4, -0.2) is 22.1 Å². The lowest BCUT2D eigenvalue weighted by Crippen LogP contribution is -2.34. The summed E-state index contributed by atoms with van der Waals surface area (Å²) in [5, 5.41) is 12.4. The van der Waals surface area contributed by atoms with Gasteiger partial charge in [0.25, 0.3) is 0 Å². The highest BCUT2D eigenvalue weighted by Gasteiger charge is 2.25. The Labute approximate surface area is 101 Å². The highest BCUT2D eigenvalue weighted by atomic mass is 16.4. The van der Waals surface area contributed by atoms with Crippen molar-refractivity contribution in [3.63, 3.8) is 0 Å². The second-order valence-corrected chi connectivity index (χ2v) is 4.63. The summed E-state index contributed by atoms with van der Waals surface area (Å²) in [6, 6.07) is 4.42. The lowest BCUT2D eigenvalue weighted by Gasteiger charge is -2.26. The first kappa shape index (κ1) is 12.0. The SMILES string of the molecule is O=C(O)C1CCC(NCc2cccnc2)CC1. The standard InChI is InChI=1S/C13H18N2O2/c16-13(17)11-3-5-12(6-4-11)15-9-10-2-1-7-14-8-10/h1-2,7-8,11-12,15H,3-6,9H2,(H,16,17). The molecule has 0 atom stereocenters. The average molecular weight is 234 g/mol. The van der Waals surface area contributed by atoms with Gasteiger partial charge in [-0.2, -0.15) is 0 Å². The van der Waals surface area contributed by atoms with E-state index in [1.807, 2.05) is 18.3 Å². The minimum Gasteiger partial charge on any atom is -0.481 e. The molecule has 1 aromatic heterocycles. The summed E-state index contributed by atoms with van der Waals surface area (Å²) in [6.07, 6.45) is 7.12. The molecule has 0 unspecified atom stereocenters. The maximum absolute atomic E-state index is 10.8. The lowest BCUT2D eigenvalue weighted by atomic mass is 9.86. The minimum atomic E-state index is -0.643. The van der Waals surface area contributed by atoms with Crippen LogP contribution in [0.15, 0.2) is 24.5 Å². The molecule has 1 aromatic rings. The fraction of sp³-hybridized carbons (Fsp3) is 0.538. The molecular formula is C13H18N2O2. The zero-order valence-corrected chi connectivity index (χ0v) is 9.80. The fourth-order valence-corrected chi connectivity index (χ4v) is 2.31. The molecule has 0 aliphatic heterocycles. The van der Waals surface area contributed by atoms with E-state index in [4.69, 9.17) is 5.11 Å². The van der Waals surface area contributed by atoms with Crippen LogP contribution >= 0.6 is 0 Å². The molecule has 1 aliphatic rings. The number of pyridine rings is 1. The molecule has 0 spiro atoms. The van der Waals surface area contributed by atoms with Crippen LogP contribution in [0.4, 0.5) is 0 Å². The van der Waals surface area contributed by atoms with Gasteiger partial charge in [0.05, 0.1) is 5.92 Å². The molecule has 4 heteroatoms. The van der Waals surface area contributed by atoms with Crippen molar-refractivity contribution >= 4 is 5.97 Å². The molecule has 2 rings (SSSR count). The van der Waals surface area contributed by atoms with Crippen LogP contribution in [-0.2, 0) is 11.3 Å². The van der Waals surface area contributed by atoms with E-state index in [-0.39, 0.29) is 5.92 Å². The van der Waals surface area contributed by atoms with Crippen LogP contribution in [0.25, 0.3) is 0 Å². The normalized spacial score (nSPS) is 24.5. The van der Waals surface area contributed by atoms with Crippen molar-refractivity contribution in [2.45, 2.75) is 38.3 Å². The van der Waals surface area contributed by atoms with Gasteiger partial charge in [0.2, 0.25) is 0 Å². The molecule has 4 nitrogen and oxygen atoms in total. The summed E-state index contributed by atoms with van der Waals surface area (Å²) in [6.45, 7) is 0.816. The highest BCUT2D eigenvalue weighted by molar-refractivity contribution is 5.70. The van der Waals surface area contributed by atoms with Crippen LogP contribution in [0.5, 0.6) is 0 Å². The van der Waals surface area contributed by atoms with Crippen molar-refractivity contribution in [1.82, 2.24) is 10.3 Å². The Kier molecular flexibility index (Phi) is 4.09. The van der Waals surface area contributed by atoms with Crippen molar-refractivity contribution in [2.24, 2.45) is 5.92 Å². The number of carboxylic acid groups (broad SMARTS) is 1. The lowest BCUT2D eigenvalue weighted by molar-refractivity contribution is -0.142. The van der Waals surface area contributed by atoms with Gasteiger partial charge in [0.15, 0.2) is 0 Å². The third-order valence-corrected chi connectivity index (χ3v) is 3.39.